The lowest BCUT2D eigenvalue weighted by molar-refractivity contribution is -0.154. The zero-order valence-electron chi connectivity index (χ0n) is 10.0. The topological polar surface area (TPSA) is 69.6 Å². The molecule has 1 amide bonds. The standard InChI is InChI=1S/C12H20N2O3/c15-11(9-4-3-6-13-8-9)14-7-2-1-5-10(14)12(16)17/h9-10,13H,1-8H2,(H,16,17)/t9-,10-/m0/s1. The van der Waals surface area contributed by atoms with E-state index in [4.69, 9.17) is 5.11 Å². The van der Waals surface area contributed by atoms with Gasteiger partial charge in [0, 0.05) is 13.1 Å². The van der Waals surface area contributed by atoms with Crippen molar-refractivity contribution in [2.45, 2.75) is 38.1 Å². The Labute approximate surface area is 101 Å². The molecule has 0 bridgehead atoms. The summed E-state index contributed by atoms with van der Waals surface area (Å²) in [6.45, 7) is 2.26. The number of nitrogens with one attached hydrogen (secondary N) is 1. The number of piperidine rings is 2. The van der Waals surface area contributed by atoms with Gasteiger partial charge in [0.1, 0.15) is 6.04 Å². The van der Waals surface area contributed by atoms with E-state index < -0.39 is 12.0 Å². The first kappa shape index (κ1) is 12.4. The second kappa shape index (κ2) is 5.49. The molecule has 0 aromatic heterocycles. The quantitative estimate of drug-likeness (QED) is 0.735. The van der Waals surface area contributed by atoms with Crippen LogP contribution in [0.25, 0.3) is 0 Å². The fraction of sp³-hybridized carbons (Fsp3) is 0.833. The highest BCUT2D eigenvalue weighted by Gasteiger charge is 2.35. The van der Waals surface area contributed by atoms with Crippen molar-refractivity contribution in [2.75, 3.05) is 19.6 Å². The summed E-state index contributed by atoms with van der Waals surface area (Å²) < 4.78 is 0. The Morgan fingerprint density at radius 3 is 2.65 bits per heavy atom. The minimum absolute atomic E-state index is 0.0244. The predicted octanol–water partition coefficient (Wildman–Crippen LogP) is 0.452. The highest BCUT2D eigenvalue weighted by atomic mass is 16.4. The van der Waals surface area contributed by atoms with Crippen molar-refractivity contribution in [2.24, 2.45) is 5.92 Å². The van der Waals surface area contributed by atoms with Crippen molar-refractivity contribution in [3.63, 3.8) is 0 Å². The summed E-state index contributed by atoms with van der Waals surface area (Å²) in [6.07, 6.45) is 4.32. The van der Waals surface area contributed by atoms with Crippen molar-refractivity contribution in [3.8, 4) is 0 Å². The van der Waals surface area contributed by atoms with Crippen LogP contribution in [-0.4, -0.2) is 47.6 Å². The van der Waals surface area contributed by atoms with Gasteiger partial charge in [-0.25, -0.2) is 4.79 Å². The largest absolute Gasteiger partial charge is 0.480 e. The van der Waals surface area contributed by atoms with Gasteiger partial charge >= 0.3 is 5.97 Å². The third kappa shape index (κ3) is 2.77. The molecule has 96 valence electrons. The van der Waals surface area contributed by atoms with Crippen LogP contribution in [0.3, 0.4) is 0 Å². The fourth-order valence-electron chi connectivity index (χ4n) is 2.75. The second-order valence-corrected chi connectivity index (χ2v) is 4.92. The number of amides is 1. The van der Waals surface area contributed by atoms with E-state index in [1.165, 1.54) is 0 Å². The molecule has 0 aromatic rings. The van der Waals surface area contributed by atoms with Crippen molar-refractivity contribution in [1.82, 2.24) is 10.2 Å². The van der Waals surface area contributed by atoms with Gasteiger partial charge in [0.15, 0.2) is 0 Å². The third-order valence-corrected chi connectivity index (χ3v) is 3.72. The zero-order valence-corrected chi connectivity index (χ0v) is 10.0. The first-order chi connectivity index (χ1) is 8.20. The molecular formula is C12H20N2O3. The van der Waals surface area contributed by atoms with Crippen LogP contribution in [0.4, 0.5) is 0 Å². The molecule has 0 spiro atoms. The lowest BCUT2D eigenvalue weighted by Crippen LogP contribution is -2.52. The van der Waals surface area contributed by atoms with Gasteiger partial charge in [-0.1, -0.05) is 0 Å². The smallest absolute Gasteiger partial charge is 0.326 e. The Bertz CT molecular complexity index is 300. The Hall–Kier alpha value is -1.10. The molecule has 0 aromatic carbocycles. The van der Waals surface area contributed by atoms with Gasteiger partial charge in [0.05, 0.1) is 5.92 Å². The normalized spacial score (nSPS) is 30.0. The van der Waals surface area contributed by atoms with Crippen LogP contribution in [0.2, 0.25) is 0 Å². The molecule has 2 aliphatic rings. The first-order valence-electron chi connectivity index (χ1n) is 6.44. The molecule has 0 radical (unpaired) electrons. The van der Waals surface area contributed by atoms with Crippen molar-refractivity contribution in [3.05, 3.63) is 0 Å². The van der Waals surface area contributed by atoms with Gasteiger partial charge in [-0.2, -0.15) is 0 Å². The molecule has 2 N–H and O–H groups in total. The van der Waals surface area contributed by atoms with Crippen LogP contribution in [0.5, 0.6) is 0 Å². The average molecular weight is 240 g/mol. The summed E-state index contributed by atoms with van der Waals surface area (Å²) in [6, 6.07) is -0.599. The molecule has 0 unspecified atom stereocenters. The summed E-state index contributed by atoms with van der Waals surface area (Å²) in [5.41, 5.74) is 0. The number of carboxylic acids is 1. The number of carboxylic acid groups (broad SMARTS) is 1. The molecule has 2 fully saturated rings. The summed E-state index contributed by atoms with van der Waals surface area (Å²) in [4.78, 5) is 25.0. The summed E-state index contributed by atoms with van der Waals surface area (Å²) in [5, 5.41) is 12.4. The number of nitrogens with zero attached hydrogens (tertiary/aromatic N) is 1. The molecule has 2 heterocycles. The zero-order chi connectivity index (χ0) is 12.3. The number of hydrogen-bond donors (Lipinski definition) is 2. The number of hydrogen-bond acceptors (Lipinski definition) is 3. The lowest BCUT2D eigenvalue weighted by atomic mass is 9.94. The fourth-order valence-corrected chi connectivity index (χ4v) is 2.75. The SMILES string of the molecule is O=C(O)[C@@H]1CCCCN1C(=O)[C@H]1CCCNC1. The van der Waals surface area contributed by atoms with E-state index in [1.807, 2.05) is 0 Å². The van der Waals surface area contributed by atoms with Crippen LogP contribution in [0, 0.1) is 5.92 Å². The monoisotopic (exact) mass is 240 g/mol. The average Bonchev–Trinajstić information content (AvgIpc) is 2.39. The summed E-state index contributed by atoms with van der Waals surface area (Å²) in [7, 11) is 0. The van der Waals surface area contributed by atoms with Gasteiger partial charge in [-0.05, 0) is 38.6 Å². The van der Waals surface area contributed by atoms with Crippen molar-refractivity contribution < 1.29 is 14.7 Å². The molecule has 17 heavy (non-hydrogen) atoms. The van der Waals surface area contributed by atoms with E-state index >= 15 is 0 Å². The molecule has 2 rings (SSSR count). The minimum Gasteiger partial charge on any atom is -0.480 e. The van der Waals surface area contributed by atoms with E-state index in [9.17, 15) is 9.59 Å². The molecule has 5 nitrogen and oxygen atoms in total. The van der Waals surface area contributed by atoms with Crippen molar-refractivity contribution >= 4 is 11.9 Å². The van der Waals surface area contributed by atoms with Gasteiger partial charge in [0.25, 0.3) is 0 Å². The molecule has 2 atom stereocenters. The first-order valence-corrected chi connectivity index (χ1v) is 6.44. The van der Waals surface area contributed by atoms with Gasteiger partial charge in [-0.15, -0.1) is 0 Å². The minimum atomic E-state index is -0.859. The Balaban J connectivity index is 2.02. The number of carbonyl (C=O) groups excluding carboxylic acids is 1. The molecule has 0 saturated carbocycles. The van der Waals surface area contributed by atoms with Gasteiger partial charge in [0.2, 0.25) is 5.91 Å². The van der Waals surface area contributed by atoms with Crippen LogP contribution in [0.15, 0.2) is 0 Å². The Morgan fingerprint density at radius 1 is 1.18 bits per heavy atom. The summed E-state index contributed by atoms with van der Waals surface area (Å²) >= 11 is 0. The number of aliphatic carboxylic acids is 1. The maximum atomic E-state index is 12.3. The maximum Gasteiger partial charge on any atom is 0.326 e. The van der Waals surface area contributed by atoms with E-state index in [0.717, 1.165) is 32.2 Å². The van der Waals surface area contributed by atoms with Gasteiger partial charge < -0.3 is 15.3 Å². The van der Waals surface area contributed by atoms with E-state index in [1.54, 1.807) is 4.90 Å². The second-order valence-electron chi connectivity index (χ2n) is 4.92. The molecule has 0 aliphatic carbocycles. The molecule has 2 saturated heterocycles. The van der Waals surface area contributed by atoms with E-state index in [0.29, 0.717) is 19.5 Å². The summed E-state index contributed by atoms with van der Waals surface area (Å²) in [5.74, 6) is -0.852. The molecule has 5 heteroatoms. The van der Waals surface area contributed by atoms with E-state index in [-0.39, 0.29) is 11.8 Å². The van der Waals surface area contributed by atoms with Crippen LogP contribution in [-0.2, 0) is 9.59 Å². The van der Waals surface area contributed by atoms with E-state index in [2.05, 4.69) is 5.32 Å². The lowest BCUT2D eigenvalue weighted by Gasteiger charge is -2.36. The molecular weight excluding hydrogens is 220 g/mol. The van der Waals surface area contributed by atoms with Crippen LogP contribution in [0.1, 0.15) is 32.1 Å². The third-order valence-electron chi connectivity index (χ3n) is 3.72. The Morgan fingerprint density at radius 2 is 2.00 bits per heavy atom. The number of rotatable bonds is 2. The van der Waals surface area contributed by atoms with Crippen LogP contribution < -0.4 is 5.32 Å². The molecule has 2 aliphatic heterocycles. The highest BCUT2D eigenvalue weighted by molar-refractivity contribution is 5.85. The predicted molar refractivity (Wildman–Crippen MR) is 62.6 cm³/mol. The maximum absolute atomic E-state index is 12.3. The number of likely N-dealkylation sites (tertiary alicyclic amines) is 1. The highest BCUT2D eigenvalue weighted by Crippen LogP contribution is 2.22. The van der Waals surface area contributed by atoms with Gasteiger partial charge in [-0.3, -0.25) is 4.79 Å². The Kier molecular flexibility index (Phi) is 3.99. The van der Waals surface area contributed by atoms with Crippen LogP contribution >= 0.6 is 0 Å². The van der Waals surface area contributed by atoms with Crippen molar-refractivity contribution in [1.29, 1.82) is 0 Å². The number of carbonyl (C=O) groups is 2.